The zero-order valence-corrected chi connectivity index (χ0v) is 16.5. The molecule has 0 unspecified atom stereocenters. The van der Waals surface area contributed by atoms with Gasteiger partial charge in [-0.05, 0) is 72.3 Å². The molecular formula is C21H16ClFN2O3S. The summed E-state index contributed by atoms with van der Waals surface area (Å²) in [7, 11) is -3.83. The minimum absolute atomic E-state index is 0.0107. The van der Waals surface area contributed by atoms with Gasteiger partial charge in [0.25, 0.3) is 10.0 Å². The smallest absolute Gasteiger partial charge is 0.261 e. The lowest BCUT2D eigenvalue weighted by atomic mass is 10.2. The number of anilines is 2. The Bertz CT molecular complexity index is 1130. The molecule has 0 fully saturated rings. The summed E-state index contributed by atoms with van der Waals surface area (Å²) in [5, 5.41) is 3.26. The Kier molecular flexibility index (Phi) is 6.31. The van der Waals surface area contributed by atoms with E-state index in [4.69, 9.17) is 11.6 Å². The van der Waals surface area contributed by atoms with Crippen LogP contribution in [-0.4, -0.2) is 14.3 Å². The van der Waals surface area contributed by atoms with Gasteiger partial charge in [0.2, 0.25) is 5.91 Å². The van der Waals surface area contributed by atoms with Crippen LogP contribution in [0.25, 0.3) is 6.08 Å². The Balaban J connectivity index is 1.63. The summed E-state index contributed by atoms with van der Waals surface area (Å²) in [5.74, 6) is -0.821. The SMILES string of the molecule is O=C(/C=C/c1ccc(Cl)cc1)Nc1ccc(S(=O)(=O)Nc2ccc(F)cc2)cc1. The fourth-order valence-electron chi connectivity index (χ4n) is 2.38. The molecule has 0 spiro atoms. The third kappa shape index (κ3) is 5.91. The number of rotatable bonds is 6. The van der Waals surface area contributed by atoms with Gasteiger partial charge in [-0.1, -0.05) is 23.7 Å². The van der Waals surface area contributed by atoms with E-state index in [9.17, 15) is 17.6 Å². The fraction of sp³-hybridized carbons (Fsp3) is 0. The van der Waals surface area contributed by atoms with E-state index in [-0.39, 0.29) is 16.5 Å². The highest BCUT2D eigenvalue weighted by atomic mass is 35.5. The summed E-state index contributed by atoms with van der Waals surface area (Å²) in [6.45, 7) is 0. The molecule has 2 N–H and O–H groups in total. The van der Waals surface area contributed by atoms with Crippen LogP contribution < -0.4 is 10.0 Å². The van der Waals surface area contributed by atoms with Crippen molar-refractivity contribution < 1.29 is 17.6 Å². The second-order valence-corrected chi connectivity index (χ2v) is 8.13. The molecule has 3 rings (SSSR count). The summed E-state index contributed by atoms with van der Waals surface area (Å²) in [4.78, 5) is 12.0. The van der Waals surface area contributed by atoms with Crippen LogP contribution in [0, 0.1) is 5.82 Å². The molecule has 148 valence electrons. The summed E-state index contributed by atoms with van der Waals surface area (Å²) in [6, 6.07) is 17.7. The number of benzene rings is 3. The molecule has 29 heavy (non-hydrogen) atoms. The number of nitrogens with one attached hydrogen (secondary N) is 2. The van der Waals surface area contributed by atoms with E-state index in [0.29, 0.717) is 10.7 Å². The lowest BCUT2D eigenvalue weighted by molar-refractivity contribution is -0.111. The minimum Gasteiger partial charge on any atom is -0.323 e. The lowest BCUT2D eigenvalue weighted by Gasteiger charge is -2.09. The maximum Gasteiger partial charge on any atom is 0.261 e. The van der Waals surface area contributed by atoms with Crippen molar-refractivity contribution in [1.29, 1.82) is 0 Å². The van der Waals surface area contributed by atoms with E-state index >= 15 is 0 Å². The third-order valence-electron chi connectivity index (χ3n) is 3.83. The molecule has 5 nitrogen and oxygen atoms in total. The molecule has 0 aliphatic heterocycles. The van der Waals surface area contributed by atoms with Crippen molar-refractivity contribution in [3.8, 4) is 0 Å². The van der Waals surface area contributed by atoms with Crippen molar-refractivity contribution >= 4 is 45.0 Å². The summed E-state index contributed by atoms with van der Waals surface area (Å²) < 4.78 is 40.1. The quantitative estimate of drug-likeness (QED) is 0.544. The number of carbonyl (C=O) groups excluding carboxylic acids is 1. The highest BCUT2D eigenvalue weighted by Crippen LogP contribution is 2.19. The first kappa shape index (κ1) is 20.6. The standard InChI is InChI=1S/C21H16ClFN2O3S/c22-16-4-1-15(2-5-16)3-14-21(26)24-18-10-12-20(13-11-18)29(27,28)25-19-8-6-17(23)7-9-19/h1-14,25H,(H,24,26)/b14-3+. The van der Waals surface area contributed by atoms with Crippen molar-refractivity contribution in [3.63, 3.8) is 0 Å². The van der Waals surface area contributed by atoms with E-state index in [0.717, 1.165) is 17.7 Å². The first-order valence-corrected chi connectivity index (χ1v) is 10.3. The molecular weight excluding hydrogens is 415 g/mol. The molecule has 0 heterocycles. The van der Waals surface area contributed by atoms with Crippen molar-refractivity contribution in [2.45, 2.75) is 4.90 Å². The number of amides is 1. The van der Waals surface area contributed by atoms with Gasteiger partial charge < -0.3 is 5.32 Å². The molecule has 0 saturated carbocycles. The lowest BCUT2D eigenvalue weighted by Crippen LogP contribution is -2.13. The van der Waals surface area contributed by atoms with Gasteiger partial charge in [-0.25, -0.2) is 12.8 Å². The molecule has 0 atom stereocenters. The monoisotopic (exact) mass is 430 g/mol. The van der Waals surface area contributed by atoms with Gasteiger partial charge in [0.15, 0.2) is 0 Å². The topological polar surface area (TPSA) is 75.3 Å². The van der Waals surface area contributed by atoms with Gasteiger partial charge in [-0.2, -0.15) is 0 Å². The number of sulfonamides is 1. The minimum atomic E-state index is -3.83. The summed E-state index contributed by atoms with van der Waals surface area (Å²) in [5.41, 5.74) is 1.51. The van der Waals surface area contributed by atoms with Crippen molar-refractivity contribution in [3.05, 3.63) is 95.3 Å². The summed E-state index contributed by atoms with van der Waals surface area (Å²) >= 11 is 5.81. The van der Waals surface area contributed by atoms with Crippen molar-refractivity contribution in [2.75, 3.05) is 10.0 Å². The molecule has 3 aromatic rings. The van der Waals surface area contributed by atoms with Gasteiger partial charge >= 0.3 is 0 Å². The third-order valence-corrected chi connectivity index (χ3v) is 5.47. The first-order chi connectivity index (χ1) is 13.8. The zero-order valence-electron chi connectivity index (χ0n) is 15.0. The van der Waals surface area contributed by atoms with Gasteiger partial charge in [0.05, 0.1) is 4.90 Å². The largest absolute Gasteiger partial charge is 0.323 e. The van der Waals surface area contributed by atoms with Gasteiger partial charge in [-0.15, -0.1) is 0 Å². The molecule has 0 bridgehead atoms. The Labute approximate surface area is 172 Å². The molecule has 0 saturated heterocycles. The van der Waals surface area contributed by atoms with E-state index in [2.05, 4.69) is 10.0 Å². The molecule has 0 aromatic heterocycles. The average molecular weight is 431 g/mol. The van der Waals surface area contributed by atoms with E-state index in [1.165, 1.54) is 42.5 Å². The van der Waals surface area contributed by atoms with Crippen LogP contribution in [0.2, 0.25) is 5.02 Å². The predicted molar refractivity (Wildman–Crippen MR) is 113 cm³/mol. The van der Waals surface area contributed by atoms with Gasteiger partial charge in [0.1, 0.15) is 5.82 Å². The number of hydrogen-bond donors (Lipinski definition) is 2. The van der Waals surface area contributed by atoms with E-state index in [1.54, 1.807) is 30.3 Å². The Morgan fingerprint density at radius 2 is 1.45 bits per heavy atom. The predicted octanol–water partition coefficient (Wildman–Crippen LogP) is 4.93. The van der Waals surface area contributed by atoms with Crippen LogP contribution in [0.5, 0.6) is 0 Å². The van der Waals surface area contributed by atoms with Gasteiger partial charge in [0, 0.05) is 22.5 Å². The number of hydrogen-bond acceptors (Lipinski definition) is 3. The molecule has 0 aliphatic carbocycles. The molecule has 0 radical (unpaired) electrons. The number of carbonyl (C=O) groups is 1. The first-order valence-electron chi connectivity index (χ1n) is 8.45. The Morgan fingerprint density at radius 1 is 0.862 bits per heavy atom. The molecule has 0 aliphatic rings. The average Bonchev–Trinajstić information content (AvgIpc) is 2.70. The second kappa shape index (κ2) is 8.89. The van der Waals surface area contributed by atoms with Crippen molar-refractivity contribution in [1.82, 2.24) is 0 Å². The summed E-state index contributed by atoms with van der Waals surface area (Å²) in [6.07, 6.45) is 3.00. The normalized spacial score (nSPS) is 11.4. The van der Waals surface area contributed by atoms with Crippen LogP contribution in [0.15, 0.2) is 83.8 Å². The van der Waals surface area contributed by atoms with Crippen LogP contribution in [0.1, 0.15) is 5.56 Å². The second-order valence-electron chi connectivity index (χ2n) is 6.01. The van der Waals surface area contributed by atoms with Crippen LogP contribution >= 0.6 is 11.6 Å². The van der Waals surface area contributed by atoms with E-state index in [1.807, 2.05) is 0 Å². The number of halogens is 2. The molecule has 8 heteroatoms. The maximum absolute atomic E-state index is 12.9. The highest BCUT2D eigenvalue weighted by Gasteiger charge is 2.14. The maximum atomic E-state index is 12.9. The Hall–Kier alpha value is -3.16. The van der Waals surface area contributed by atoms with Crippen LogP contribution in [0.4, 0.5) is 15.8 Å². The molecule has 3 aromatic carbocycles. The van der Waals surface area contributed by atoms with Crippen LogP contribution in [0.3, 0.4) is 0 Å². The highest BCUT2D eigenvalue weighted by molar-refractivity contribution is 7.92. The van der Waals surface area contributed by atoms with E-state index < -0.39 is 15.8 Å². The van der Waals surface area contributed by atoms with Crippen LogP contribution in [-0.2, 0) is 14.8 Å². The van der Waals surface area contributed by atoms with Gasteiger partial charge in [-0.3, -0.25) is 9.52 Å². The zero-order chi connectivity index (χ0) is 20.9. The molecule has 1 amide bonds. The fourth-order valence-corrected chi connectivity index (χ4v) is 3.56. The van der Waals surface area contributed by atoms with Crippen molar-refractivity contribution in [2.24, 2.45) is 0 Å². The Morgan fingerprint density at radius 3 is 2.07 bits per heavy atom.